The molecule has 0 amide bonds. The molecule has 0 bridgehead atoms. The van der Waals surface area contributed by atoms with Crippen molar-refractivity contribution in [3.8, 4) is 0 Å². The van der Waals surface area contributed by atoms with E-state index in [4.69, 9.17) is 20.4 Å². The van der Waals surface area contributed by atoms with Gasteiger partial charge in [-0.05, 0) is 6.42 Å². The molecular formula is C12H24O6S2. The van der Waals surface area contributed by atoms with Gasteiger partial charge in [-0.15, -0.1) is 0 Å². The second kappa shape index (κ2) is 26.6. The Kier molecular flexibility index (Phi) is 36.4. The van der Waals surface area contributed by atoms with Crippen LogP contribution in [0.2, 0.25) is 0 Å². The van der Waals surface area contributed by atoms with Gasteiger partial charge in [0.1, 0.15) is 0 Å². The summed E-state index contributed by atoms with van der Waals surface area (Å²) < 4.78 is 0. The monoisotopic (exact) mass is 328 g/mol. The Morgan fingerprint density at radius 1 is 1.05 bits per heavy atom. The molecule has 0 rings (SSSR count). The number of rotatable bonds is 5. The van der Waals surface area contributed by atoms with E-state index in [9.17, 15) is 9.59 Å². The summed E-state index contributed by atoms with van der Waals surface area (Å²) in [5.74, 6) is -1.93. The van der Waals surface area contributed by atoms with Gasteiger partial charge in [0.15, 0.2) is 6.29 Å². The Hall–Kier alpha value is -0.960. The van der Waals surface area contributed by atoms with Gasteiger partial charge in [0.25, 0.3) is 0 Å². The number of thiol groups is 2. The molecule has 0 aromatic rings. The summed E-state index contributed by atoms with van der Waals surface area (Å²) in [6, 6.07) is 0. The summed E-state index contributed by atoms with van der Waals surface area (Å²) in [4.78, 5) is 18.6. The fraction of sp³-hybridized carbons (Fsp3) is 0.500. The zero-order chi connectivity index (χ0) is 17.0. The molecule has 0 saturated carbocycles. The van der Waals surface area contributed by atoms with E-state index in [0.717, 1.165) is 6.42 Å². The molecule has 4 N–H and O–H groups in total. The van der Waals surface area contributed by atoms with Crippen LogP contribution >= 0.6 is 25.3 Å². The lowest BCUT2D eigenvalue weighted by Crippen LogP contribution is -2.01. The first kappa shape index (κ1) is 27.4. The van der Waals surface area contributed by atoms with Crippen molar-refractivity contribution < 1.29 is 30.0 Å². The molecular weight excluding hydrogens is 304 g/mol. The summed E-state index contributed by atoms with van der Waals surface area (Å²) in [6.45, 7) is 8.62. The SMILES string of the molecule is C=CC=C.CCCC(O)O.O=C(O)CS.O=C(O)CS. The van der Waals surface area contributed by atoms with Crippen LogP contribution in [0, 0.1) is 0 Å². The first-order valence-corrected chi connectivity index (χ1v) is 6.74. The summed E-state index contributed by atoms with van der Waals surface area (Å²) >= 11 is 6.83. The first-order valence-electron chi connectivity index (χ1n) is 5.48. The van der Waals surface area contributed by atoms with Crippen molar-refractivity contribution in [2.75, 3.05) is 11.5 Å². The number of allylic oxidation sites excluding steroid dienone is 2. The molecule has 0 spiro atoms. The van der Waals surface area contributed by atoms with Crippen molar-refractivity contribution in [1.82, 2.24) is 0 Å². The fourth-order valence-electron chi connectivity index (χ4n) is 0.258. The number of carboxylic acid groups (broad SMARTS) is 2. The summed E-state index contributed by atoms with van der Waals surface area (Å²) in [5, 5.41) is 31.5. The molecule has 0 aromatic heterocycles. The van der Waals surface area contributed by atoms with Crippen molar-refractivity contribution in [2.24, 2.45) is 0 Å². The molecule has 0 aliphatic rings. The molecule has 8 heteroatoms. The predicted octanol–water partition coefficient (Wildman–Crippen LogP) is 1.46. The molecule has 0 aliphatic heterocycles. The Morgan fingerprint density at radius 3 is 1.30 bits per heavy atom. The number of carboxylic acids is 2. The van der Waals surface area contributed by atoms with E-state index >= 15 is 0 Å². The van der Waals surface area contributed by atoms with E-state index in [2.05, 4.69) is 38.4 Å². The third-order valence-electron chi connectivity index (χ3n) is 0.984. The van der Waals surface area contributed by atoms with Crippen LogP contribution in [-0.4, -0.2) is 50.2 Å². The van der Waals surface area contributed by atoms with Crippen LogP contribution in [0.5, 0.6) is 0 Å². The molecule has 120 valence electrons. The topological polar surface area (TPSA) is 115 Å². The summed E-state index contributed by atoms with van der Waals surface area (Å²) in [6.07, 6.45) is 3.49. The number of aliphatic hydroxyl groups is 2. The van der Waals surface area contributed by atoms with E-state index in [0.29, 0.717) is 6.42 Å². The Morgan fingerprint density at radius 2 is 1.30 bits per heavy atom. The minimum Gasteiger partial charge on any atom is -0.481 e. The number of carbonyl (C=O) groups is 2. The molecule has 0 atom stereocenters. The zero-order valence-corrected chi connectivity index (χ0v) is 13.3. The highest BCUT2D eigenvalue weighted by Gasteiger charge is 1.89. The van der Waals surface area contributed by atoms with Crippen molar-refractivity contribution >= 4 is 37.2 Å². The van der Waals surface area contributed by atoms with E-state index in [-0.39, 0.29) is 11.5 Å². The maximum absolute atomic E-state index is 9.29. The molecule has 6 nitrogen and oxygen atoms in total. The van der Waals surface area contributed by atoms with Crippen LogP contribution in [-0.2, 0) is 9.59 Å². The molecule has 0 heterocycles. The van der Waals surface area contributed by atoms with E-state index < -0.39 is 18.2 Å². The Labute approximate surface area is 130 Å². The van der Waals surface area contributed by atoms with Gasteiger partial charge in [0.05, 0.1) is 11.5 Å². The molecule has 0 unspecified atom stereocenters. The highest BCUT2D eigenvalue weighted by Crippen LogP contribution is 1.88. The van der Waals surface area contributed by atoms with Crippen LogP contribution in [0.15, 0.2) is 25.3 Å². The molecule has 0 radical (unpaired) electrons. The van der Waals surface area contributed by atoms with Crippen molar-refractivity contribution in [3.05, 3.63) is 25.3 Å². The fourth-order valence-corrected chi connectivity index (χ4v) is 0.258. The van der Waals surface area contributed by atoms with Gasteiger partial charge >= 0.3 is 11.9 Å². The van der Waals surface area contributed by atoms with Gasteiger partial charge in [0, 0.05) is 0 Å². The molecule has 0 saturated heterocycles. The number of hydrogen-bond acceptors (Lipinski definition) is 6. The Bertz CT molecular complexity index is 224. The summed E-state index contributed by atoms with van der Waals surface area (Å²) in [7, 11) is 0. The average molecular weight is 328 g/mol. The largest absolute Gasteiger partial charge is 0.481 e. The third kappa shape index (κ3) is 88.5. The zero-order valence-electron chi connectivity index (χ0n) is 11.5. The van der Waals surface area contributed by atoms with Gasteiger partial charge in [-0.1, -0.05) is 38.7 Å². The second-order valence-electron chi connectivity index (χ2n) is 2.84. The van der Waals surface area contributed by atoms with Crippen molar-refractivity contribution in [2.45, 2.75) is 26.1 Å². The number of aliphatic hydroxyl groups excluding tert-OH is 1. The van der Waals surface area contributed by atoms with Crippen LogP contribution < -0.4 is 0 Å². The lowest BCUT2D eigenvalue weighted by Gasteiger charge is -1.94. The minimum atomic E-state index is -1.10. The number of aliphatic carboxylic acids is 2. The van der Waals surface area contributed by atoms with Gasteiger partial charge in [-0.2, -0.15) is 25.3 Å². The third-order valence-corrected chi connectivity index (χ3v) is 1.53. The maximum Gasteiger partial charge on any atom is 0.313 e. The maximum atomic E-state index is 9.29. The van der Waals surface area contributed by atoms with E-state index in [1.165, 1.54) is 0 Å². The number of hydrogen-bond donors (Lipinski definition) is 6. The van der Waals surface area contributed by atoms with Crippen LogP contribution in [0.3, 0.4) is 0 Å². The van der Waals surface area contributed by atoms with E-state index in [1.54, 1.807) is 12.2 Å². The van der Waals surface area contributed by atoms with Crippen molar-refractivity contribution in [3.63, 3.8) is 0 Å². The van der Waals surface area contributed by atoms with Gasteiger partial charge < -0.3 is 20.4 Å². The average Bonchev–Trinajstić information content (AvgIpc) is 2.40. The lowest BCUT2D eigenvalue weighted by molar-refractivity contribution is -0.134. The molecule has 0 fully saturated rings. The highest BCUT2D eigenvalue weighted by molar-refractivity contribution is 7.81. The predicted molar refractivity (Wildman–Crippen MR) is 86.5 cm³/mol. The molecule has 0 aliphatic carbocycles. The minimum absolute atomic E-state index is 0.0833. The van der Waals surface area contributed by atoms with E-state index in [1.807, 2.05) is 6.92 Å². The van der Waals surface area contributed by atoms with Crippen molar-refractivity contribution in [1.29, 1.82) is 0 Å². The lowest BCUT2D eigenvalue weighted by atomic mass is 10.3. The van der Waals surface area contributed by atoms with Gasteiger partial charge in [-0.3, -0.25) is 9.59 Å². The summed E-state index contributed by atoms with van der Waals surface area (Å²) in [5.41, 5.74) is 0. The smallest absolute Gasteiger partial charge is 0.313 e. The van der Waals surface area contributed by atoms with Gasteiger partial charge in [0.2, 0.25) is 0 Å². The first-order chi connectivity index (χ1) is 9.22. The molecule has 0 aromatic carbocycles. The van der Waals surface area contributed by atoms with Crippen LogP contribution in [0.1, 0.15) is 19.8 Å². The standard InChI is InChI=1S/C4H10O2.C4H6.2C2H4O2S/c1-2-3-4(5)6;1-3-4-2;2*3-2(4)1-5/h4-6H,2-3H2,1H3;3-4H,1-2H2;2*5H,1H2,(H,3,4). The van der Waals surface area contributed by atoms with Gasteiger partial charge in [-0.25, -0.2) is 0 Å². The van der Waals surface area contributed by atoms with Crippen LogP contribution in [0.4, 0.5) is 0 Å². The molecule has 20 heavy (non-hydrogen) atoms. The Balaban J connectivity index is -0.0000000862. The second-order valence-corrected chi connectivity index (χ2v) is 3.48. The normalized spacial score (nSPS) is 7.70. The highest BCUT2D eigenvalue weighted by atomic mass is 32.1. The quantitative estimate of drug-likeness (QED) is 0.259. The van der Waals surface area contributed by atoms with Crippen LogP contribution in [0.25, 0.3) is 0 Å².